The minimum absolute atomic E-state index is 0.186. The first-order chi connectivity index (χ1) is 9.11. The summed E-state index contributed by atoms with van der Waals surface area (Å²) >= 11 is 0. The monoisotopic (exact) mass is 259 g/mol. The molecule has 1 aromatic carbocycles. The molecule has 3 nitrogen and oxygen atoms in total. The van der Waals surface area contributed by atoms with Crippen molar-refractivity contribution in [3.63, 3.8) is 0 Å². The topological polar surface area (TPSA) is 42.1 Å². The molecule has 0 aliphatic heterocycles. The normalized spacial score (nSPS) is 10.5. The molecule has 0 aliphatic carbocycles. The molecule has 2 N–H and O–H groups in total. The van der Waals surface area contributed by atoms with Gasteiger partial charge in [-0.15, -0.1) is 0 Å². The Hall–Kier alpha value is -1.94. The molecule has 0 radical (unpaired) electrons. The first-order valence-electron chi connectivity index (χ1n) is 6.22. The number of rotatable bonds is 4. The fraction of sp³-hybridized carbons (Fsp3) is 0.267. The summed E-state index contributed by atoms with van der Waals surface area (Å²) in [6, 6.07) is 8.78. The zero-order valence-corrected chi connectivity index (χ0v) is 11.2. The van der Waals surface area contributed by atoms with E-state index in [4.69, 9.17) is 5.73 Å². The number of benzene rings is 1. The van der Waals surface area contributed by atoms with Gasteiger partial charge in [0.25, 0.3) is 0 Å². The average molecular weight is 259 g/mol. The second-order valence-corrected chi connectivity index (χ2v) is 4.61. The van der Waals surface area contributed by atoms with Crippen molar-refractivity contribution in [2.24, 2.45) is 5.73 Å². The van der Waals surface area contributed by atoms with E-state index >= 15 is 0 Å². The first kappa shape index (κ1) is 13.5. The van der Waals surface area contributed by atoms with Gasteiger partial charge in [-0.1, -0.05) is 18.2 Å². The van der Waals surface area contributed by atoms with Gasteiger partial charge in [0.05, 0.1) is 0 Å². The van der Waals surface area contributed by atoms with Gasteiger partial charge < -0.3 is 10.6 Å². The summed E-state index contributed by atoms with van der Waals surface area (Å²) in [4.78, 5) is 6.23. The maximum Gasteiger partial charge on any atom is 0.128 e. The lowest BCUT2D eigenvalue weighted by atomic mass is 10.1. The van der Waals surface area contributed by atoms with Crippen molar-refractivity contribution < 1.29 is 4.39 Å². The number of aromatic nitrogens is 1. The van der Waals surface area contributed by atoms with E-state index in [0.29, 0.717) is 18.7 Å². The molecule has 2 aromatic rings. The van der Waals surface area contributed by atoms with Crippen LogP contribution < -0.4 is 10.6 Å². The molecule has 1 aromatic heterocycles. The number of nitrogens with two attached hydrogens (primary N) is 1. The van der Waals surface area contributed by atoms with Crippen LogP contribution in [0.5, 0.6) is 0 Å². The molecule has 2 rings (SSSR count). The first-order valence-corrected chi connectivity index (χ1v) is 6.22. The van der Waals surface area contributed by atoms with Gasteiger partial charge in [0, 0.05) is 48.8 Å². The lowest BCUT2D eigenvalue weighted by Gasteiger charge is -2.22. The highest BCUT2D eigenvalue weighted by Crippen LogP contribution is 2.21. The quantitative estimate of drug-likeness (QED) is 0.917. The summed E-state index contributed by atoms with van der Waals surface area (Å²) in [5, 5.41) is 0. The molecule has 0 fully saturated rings. The van der Waals surface area contributed by atoms with Crippen LogP contribution in [0, 0.1) is 12.7 Å². The molecule has 0 saturated heterocycles. The maximum atomic E-state index is 13.7. The molecule has 1 heterocycles. The molecular weight excluding hydrogens is 241 g/mol. The molecule has 0 unspecified atom stereocenters. The minimum Gasteiger partial charge on any atom is -0.370 e. The van der Waals surface area contributed by atoms with Crippen LogP contribution in [0.3, 0.4) is 0 Å². The number of hydrogen-bond donors (Lipinski definition) is 1. The van der Waals surface area contributed by atoms with E-state index in [9.17, 15) is 4.39 Å². The highest BCUT2D eigenvalue weighted by Gasteiger charge is 2.10. The second-order valence-electron chi connectivity index (χ2n) is 4.61. The van der Waals surface area contributed by atoms with Crippen LogP contribution in [0.2, 0.25) is 0 Å². The molecule has 0 amide bonds. The van der Waals surface area contributed by atoms with Crippen molar-refractivity contribution in [1.29, 1.82) is 0 Å². The summed E-state index contributed by atoms with van der Waals surface area (Å²) < 4.78 is 13.7. The molecule has 0 bridgehead atoms. The third-order valence-corrected chi connectivity index (χ3v) is 3.10. The lowest BCUT2D eigenvalue weighted by molar-refractivity contribution is 0.607. The third kappa shape index (κ3) is 3.09. The molecular formula is C15H18FN3. The van der Waals surface area contributed by atoms with Crippen LogP contribution in [-0.4, -0.2) is 12.0 Å². The fourth-order valence-corrected chi connectivity index (χ4v) is 2.05. The van der Waals surface area contributed by atoms with Crippen molar-refractivity contribution in [1.82, 2.24) is 4.98 Å². The minimum atomic E-state index is -0.186. The Bertz CT molecular complexity index is 569. The lowest BCUT2D eigenvalue weighted by Crippen LogP contribution is -2.20. The number of aryl methyl sites for hydroxylation is 1. The fourth-order valence-electron chi connectivity index (χ4n) is 2.05. The van der Waals surface area contributed by atoms with Crippen molar-refractivity contribution in [3.8, 4) is 0 Å². The van der Waals surface area contributed by atoms with E-state index in [1.165, 1.54) is 6.07 Å². The Labute approximate surface area is 112 Å². The Morgan fingerprint density at radius 1 is 1.26 bits per heavy atom. The van der Waals surface area contributed by atoms with Gasteiger partial charge in [-0.3, -0.25) is 4.98 Å². The van der Waals surface area contributed by atoms with Gasteiger partial charge in [0.1, 0.15) is 5.82 Å². The third-order valence-electron chi connectivity index (χ3n) is 3.10. The molecule has 0 spiro atoms. The van der Waals surface area contributed by atoms with E-state index in [1.807, 2.05) is 31.0 Å². The van der Waals surface area contributed by atoms with E-state index < -0.39 is 0 Å². The number of nitrogens with zero attached hydrogens (tertiary/aromatic N) is 2. The number of hydrogen-bond acceptors (Lipinski definition) is 3. The predicted molar refractivity (Wildman–Crippen MR) is 75.4 cm³/mol. The zero-order chi connectivity index (χ0) is 13.8. The Morgan fingerprint density at radius 3 is 2.68 bits per heavy atom. The SMILES string of the molecule is Cc1cc(N(C)Cc2ccccc2F)c(CN)cn1. The summed E-state index contributed by atoms with van der Waals surface area (Å²) in [6.07, 6.45) is 1.78. The summed E-state index contributed by atoms with van der Waals surface area (Å²) in [5.41, 5.74) is 9.27. The molecule has 4 heteroatoms. The Balaban J connectivity index is 2.27. The van der Waals surface area contributed by atoms with Crippen LogP contribution in [0.1, 0.15) is 16.8 Å². The summed E-state index contributed by atoms with van der Waals surface area (Å²) in [7, 11) is 1.93. The van der Waals surface area contributed by atoms with Crippen LogP contribution in [-0.2, 0) is 13.1 Å². The van der Waals surface area contributed by atoms with Gasteiger partial charge >= 0.3 is 0 Å². The second kappa shape index (κ2) is 5.80. The smallest absolute Gasteiger partial charge is 0.128 e. The Morgan fingerprint density at radius 2 is 2.00 bits per heavy atom. The van der Waals surface area contributed by atoms with E-state index in [0.717, 1.165) is 16.9 Å². The highest BCUT2D eigenvalue weighted by molar-refractivity contribution is 5.53. The molecule has 0 aliphatic rings. The van der Waals surface area contributed by atoms with Gasteiger partial charge in [0.15, 0.2) is 0 Å². The van der Waals surface area contributed by atoms with Gasteiger partial charge in [-0.05, 0) is 19.1 Å². The maximum absolute atomic E-state index is 13.7. The molecule has 100 valence electrons. The highest BCUT2D eigenvalue weighted by atomic mass is 19.1. The van der Waals surface area contributed by atoms with Gasteiger partial charge in [-0.2, -0.15) is 0 Å². The van der Waals surface area contributed by atoms with Crippen molar-refractivity contribution in [3.05, 3.63) is 59.2 Å². The molecule has 0 atom stereocenters. The van der Waals surface area contributed by atoms with Crippen molar-refractivity contribution in [2.45, 2.75) is 20.0 Å². The van der Waals surface area contributed by atoms with Crippen LogP contribution in [0.4, 0.5) is 10.1 Å². The number of anilines is 1. The van der Waals surface area contributed by atoms with Crippen LogP contribution >= 0.6 is 0 Å². The van der Waals surface area contributed by atoms with Crippen LogP contribution in [0.25, 0.3) is 0 Å². The molecule has 0 saturated carbocycles. The predicted octanol–water partition coefficient (Wildman–Crippen LogP) is 2.62. The largest absolute Gasteiger partial charge is 0.370 e. The standard InChI is InChI=1S/C15H18FN3/c1-11-7-15(13(8-17)9-18-11)19(2)10-12-5-3-4-6-14(12)16/h3-7,9H,8,10,17H2,1-2H3. The Kier molecular flexibility index (Phi) is 4.12. The number of halogens is 1. The zero-order valence-electron chi connectivity index (χ0n) is 11.2. The molecule has 19 heavy (non-hydrogen) atoms. The summed E-state index contributed by atoms with van der Waals surface area (Å²) in [6.45, 7) is 2.86. The van der Waals surface area contributed by atoms with E-state index in [1.54, 1.807) is 18.3 Å². The van der Waals surface area contributed by atoms with Gasteiger partial charge in [-0.25, -0.2) is 4.39 Å². The number of pyridine rings is 1. The van der Waals surface area contributed by atoms with Crippen molar-refractivity contribution in [2.75, 3.05) is 11.9 Å². The van der Waals surface area contributed by atoms with Crippen LogP contribution in [0.15, 0.2) is 36.5 Å². The average Bonchev–Trinajstić information content (AvgIpc) is 2.41. The van der Waals surface area contributed by atoms with E-state index in [-0.39, 0.29) is 5.82 Å². The van der Waals surface area contributed by atoms with Gasteiger partial charge in [0.2, 0.25) is 0 Å². The summed E-state index contributed by atoms with van der Waals surface area (Å²) in [5.74, 6) is -0.186. The van der Waals surface area contributed by atoms with E-state index in [2.05, 4.69) is 4.98 Å². The van der Waals surface area contributed by atoms with Crippen molar-refractivity contribution >= 4 is 5.69 Å².